The van der Waals surface area contributed by atoms with E-state index in [0.29, 0.717) is 5.56 Å². The lowest BCUT2D eigenvalue weighted by Gasteiger charge is -2.07. The van der Waals surface area contributed by atoms with Crippen LogP contribution in [0.2, 0.25) is 0 Å². The maximum absolute atomic E-state index is 12.7. The molecule has 0 saturated heterocycles. The lowest BCUT2D eigenvalue weighted by molar-refractivity contribution is -0.137. The van der Waals surface area contributed by atoms with E-state index in [0.717, 1.165) is 22.9 Å². The number of hydrazone groups is 1. The fourth-order valence-corrected chi connectivity index (χ4v) is 2.44. The minimum absolute atomic E-state index is 0.244. The predicted molar refractivity (Wildman–Crippen MR) is 90.5 cm³/mol. The maximum Gasteiger partial charge on any atom is 0.416 e. The molecule has 0 aromatic heterocycles. The van der Waals surface area contributed by atoms with E-state index in [1.807, 2.05) is 30.3 Å². The number of rotatable bonds is 3. The molecule has 0 atom stereocenters. The predicted octanol–water partition coefficient (Wildman–Crippen LogP) is 4.62. The van der Waals surface area contributed by atoms with Crippen molar-refractivity contribution in [2.45, 2.75) is 6.18 Å². The molecule has 0 radical (unpaired) electrons. The Morgan fingerprint density at radius 2 is 1.68 bits per heavy atom. The van der Waals surface area contributed by atoms with Gasteiger partial charge >= 0.3 is 6.18 Å². The molecule has 6 heteroatoms. The number of hydrogen-bond acceptors (Lipinski definition) is 2. The van der Waals surface area contributed by atoms with E-state index < -0.39 is 17.6 Å². The van der Waals surface area contributed by atoms with E-state index in [2.05, 4.69) is 10.5 Å². The summed E-state index contributed by atoms with van der Waals surface area (Å²) in [4.78, 5) is 12.3. The van der Waals surface area contributed by atoms with Crippen molar-refractivity contribution in [1.29, 1.82) is 0 Å². The standard InChI is InChI=1S/C19H13F3N2O/c20-19(21,22)15-8-3-5-13(11-15)12-23-24-18(25)17-10-4-7-14-6-1-2-9-16(14)17/h1-12H,(H,24,25)/b23-12-. The van der Waals surface area contributed by atoms with Gasteiger partial charge in [0.25, 0.3) is 5.91 Å². The van der Waals surface area contributed by atoms with Gasteiger partial charge in [0, 0.05) is 5.56 Å². The second kappa shape index (κ2) is 6.76. The number of carbonyl (C=O) groups excluding carboxylic acids is 1. The highest BCUT2D eigenvalue weighted by molar-refractivity contribution is 6.07. The Morgan fingerprint density at radius 1 is 0.960 bits per heavy atom. The minimum atomic E-state index is -4.42. The average molecular weight is 342 g/mol. The summed E-state index contributed by atoms with van der Waals surface area (Å²) in [5.41, 5.74) is 2.27. The first-order valence-corrected chi connectivity index (χ1v) is 7.43. The first-order valence-electron chi connectivity index (χ1n) is 7.43. The number of carbonyl (C=O) groups is 1. The zero-order chi connectivity index (χ0) is 17.9. The molecule has 3 aromatic carbocycles. The van der Waals surface area contributed by atoms with Gasteiger partial charge in [-0.3, -0.25) is 4.79 Å². The largest absolute Gasteiger partial charge is 0.416 e. The number of alkyl halides is 3. The molecular weight excluding hydrogens is 329 g/mol. The van der Waals surface area contributed by atoms with E-state index >= 15 is 0 Å². The van der Waals surface area contributed by atoms with Crippen LogP contribution in [0.4, 0.5) is 13.2 Å². The van der Waals surface area contributed by atoms with E-state index in [1.165, 1.54) is 18.3 Å². The molecule has 1 amide bonds. The molecule has 0 spiro atoms. The summed E-state index contributed by atoms with van der Waals surface area (Å²) in [5, 5.41) is 5.44. The highest BCUT2D eigenvalue weighted by Crippen LogP contribution is 2.29. The lowest BCUT2D eigenvalue weighted by Crippen LogP contribution is -2.18. The van der Waals surface area contributed by atoms with Crippen LogP contribution in [-0.4, -0.2) is 12.1 Å². The summed E-state index contributed by atoms with van der Waals surface area (Å²) < 4.78 is 38.0. The van der Waals surface area contributed by atoms with Crippen LogP contribution in [0.1, 0.15) is 21.5 Å². The highest BCUT2D eigenvalue weighted by atomic mass is 19.4. The number of fused-ring (bicyclic) bond motifs is 1. The summed E-state index contributed by atoms with van der Waals surface area (Å²) in [6.45, 7) is 0. The molecule has 3 aromatic rings. The molecule has 0 bridgehead atoms. The van der Waals surface area contributed by atoms with Crippen LogP contribution in [0, 0.1) is 0 Å². The monoisotopic (exact) mass is 342 g/mol. The second-order valence-electron chi connectivity index (χ2n) is 5.35. The average Bonchev–Trinajstić information content (AvgIpc) is 2.60. The third-order valence-electron chi connectivity index (χ3n) is 3.63. The van der Waals surface area contributed by atoms with Crippen molar-refractivity contribution < 1.29 is 18.0 Å². The van der Waals surface area contributed by atoms with Gasteiger partial charge in [0.1, 0.15) is 0 Å². The van der Waals surface area contributed by atoms with E-state index in [4.69, 9.17) is 0 Å². The SMILES string of the molecule is O=C(N/N=C\c1cccc(C(F)(F)F)c1)c1cccc2ccccc12. The molecule has 126 valence electrons. The van der Waals surface area contributed by atoms with E-state index in [1.54, 1.807) is 12.1 Å². The maximum atomic E-state index is 12.7. The summed E-state index contributed by atoms with van der Waals surface area (Å²) in [6, 6.07) is 17.4. The summed E-state index contributed by atoms with van der Waals surface area (Å²) in [5.74, 6) is -0.431. The van der Waals surface area contributed by atoms with Crippen molar-refractivity contribution in [2.24, 2.45) is 5.10 Å². The third-order valence-corrected chi connectivity index (χ3v) is 3.63. The molecule has 25 heavy (non-hydrogen) atoms. The molecule has 0 heterocycles. The number of hydrogen-bond donors (Lipinski definition) is 1. The number of benzene rings is 3. The molecule has 3 rings (SSSR count). The molecule has 0 unspecified atom stereocenters. The Hall–Kier alpha value is -3.15. The van der Waals surface area contributed by atoms with Gasteiger partial charge in [0.2, 0.25) is 0 Å². The van der Waals surface area contributed by atoms with Crippen LogP contribution in [0.5, 0.6) is 0 Å². The van der Waals surface area contributed by atoms with Crippen molar-refractivity contribution in [3.05, 3.63) is 83.4 Å². The smallest absolute Gasteiger partial charge is 0.267 e. The lowest BCUT2D eigenvalue weighted by atomic mass is 10.0. The van der Waals surface area contributed by atoms with Gasteiger partial charge in [0.15, 0.2) is 0 Å². The Bertz CT molecular complexity index is 943. The third kappa shape index (κ3) is 3.85. The number of nitrogens with one attached hydrogen (secondary N) is 1. The first-order chi connectivity index (χ1) is 11.9. The van der Waals surface area contributed by atoms with E-state index in [9.17, 15) is 18.0 Å². The van der Waals surface area contributed by atoms with Crippen molar-refractivity contribution in [1.82, 2.24) is 5.43 Å². The van der Waals surface area contributed by atoms with Gasteiger partial charge in [-0.2, -0.15) is 18.3 Å². The van der Waals surface area contributed by atoms with Crippen LogP contribution in [-0.2, 0) is 6.18 Å². The molecule has 0 aliphatic carbocycles. The molecule has 0 aliphatic heterocycles. The molecule has 0 aliphatic rings. The zero-order valence-electron chi connectivity index (χ0n) is 12.9. The van der Waals surface area contributed by atoms with Crippen LogP contribution in [0.3, 0.4) is 0 Å². The first kappa shape index (κ1) is 16.7. The quantitative estimate of drug-likeness (QED) is 0.547. The van der Waals surface area contributed by atoms with Crippen LogP contribution in [0.15, 0.2) is 71.8 Å². The number of nitrogens with zero attached hydrogens (tertiary/aromatic N) is 1. The van der Waals surface area contributed by atoms with Gasteiger partial charge in [-0.1, -0.05) is 48.5 Å². The van der Waals surface area contributed by atoms with Crippen LogP contribution >= 0.6 is 0 Å². The van der Waals surface area contributed by atoms with E-state index in [-0.39, 0.29) is 5.56 Å². The van der Waals surface area contributed by atoms with Crippen molar-refractivity contribution in [2.75, 3.05) is 0 Å². The van der Waals surface area contributed by atoms with Gasteiger partial charge in [-0.15, -0.1) is 0 Å². The molecular formula is C19H13F3N2O. The number of halogens is 3. The summed E-state index contributed by atoms with van der Waals surface area (Å²) >= 11 is 0. The highest BCUT2D eigenvalue weighted by Gasteiger charge is 2.30. The fourth-order valence-electron chi connectivity index (χ4n) is 2.44. The molecule has 1 N–H and O–H groups in total. The Balaban J connectivity index is 1.77. The van der Waals surface area contributed by atoms with Crippen molar-refractivity contribution in [3.63, 3.8) is 0 Å². The van der Waals surface area contributed by atoms with Crippen LogP contribution in [0.25, 0.3) is 10.8 Å². The van der Waals surface area contributed by atoms with Gasteiger partial charge in [0.05, 0.1) is 11.8 Å². The number of amides is 1. The normalized spacial score (nSPS) is 11.8. The minimum Gasteiger partial charge on any atom is -0.267 e. The van der Waals surface area contributed by atoms with Gasteiger partial charge in [-0.25, -0.2) is 5.43 Å². The molecule has 0 saturated carbocycles. The zero-order valence-corrected chi connectivity index (χ0v) is 12.9. The van der Waals surface area contributed by atoms with Gasteiger partial charge < -0.3 is 0 Å². The van der Waals surface area contributed by atoms with Crippen molar-refractivity contribution >= 4 is 22.9 Å². The Morgan fingerprint density at radius 3 is 2.48 bits per heavy atom. The second-order valence-corrected chi connectivity index (χ2v) is 5.35. The summed E-state index contributed by atoms with van der Waals surface area (Å²) in [7, 11) is 0. The van der Waals surface area contributed by atoms with Crippen LogP contribution < -0.4 is 5.43 Å². The summed E-state index contributed by atoms with van der Waals surface area (Å²) in [6.07, 6.45) is -3.24. The fraction of sp³-hybridized carbons (Fsp3) is 0.0526. The van der Waals surface area contributed by atoms with Gasteiger partial charge in [-0.05, 0) is 34.5 Å². The Kier molecular flexibility index (Phi) is 4.52. The van der Waals surface area contributed by atoms with Crippen molar-refractivity contribution in [3.8, 4) is 0 Å². The topological polar surface area (TPSA) is 41.5 Å². The Labute approximate surface area is 141 Å². The molecule has 0 fully saturated rings. The molecule has 3 nitrogen and oxygen atoms in total.